The average Bonchev–Trinajstić information content (AvgIpc) is 2.23. The van der Waals surface area contributed by atoms with Crippen LogP contribution in [0.4, 0.5) is 0 Å². The molecule has 0 aliphatic heterocycles. The Balaban J connectivity index is 2.89. The molecular weight excluding hydrogens is 226 g/mol. The smallest absolute Gasteiger partial charge is 0.259 e. The van der Waals surface area contributed by atoms with Crippen molar-refractivity contribution in [2.24, 2.45) is 0 Å². The summed E-state index contributed by atoms with van der Waals surface area (Å²) >= 11 is 5.95. The van der Waals surface area contributed by atoms with Crippen LogP contribution in [0.15, 0.2) is 23.0 Å². The lowest BCUT2D eigenvalue weighted by molar-refractivity contribution is 0.101. The van der Waals surface area contributed by atoms with E-state index in [2.05, 4.69) is 4.98 Å². The second kappa shape index (κ2) is 3.76. The summed E-state index contributed by atoms with van der Waals surface area (Å²) in [5.74, 6) is -0.240. The summed E-state index contributed by atoms with van der Waals surface area (Å²) in [6.07, 6.45) is 0. The van der Waals surface area contributed by atoms with Crippen molar-refractivity contribution >= 4 is 28.3 Å². The van der Waals surface area contributed by atoms with Crippen molar-refractivity contribution in [1.29, 1.82) is 0 Å². The number of carbonyl (C=O) groups excluding carboxylic acids is 1. The summed E-state index contributed by atoms with van der Waals surface area (Å²) in [6, 6.07) is 5.13. The minimum Gasteiger partial charge on any atom is -0.321 e. The van der Waals surface area contributed by atoms with Gasteiger partial charge in [0.05, 0.1) is 11.1 Å². The maximum Gasteiger partial charge on any atom is 0.259 e. The minimum absolute atomic E-state index is 0.175. The maximum atomic E-state index is 11.6. The first kappa shape index (κ1) is 10.9. The van der Waals surface area contributed by atoms with E-state index >= 15 is 0 Å². The Kier molecular flexibility index (Phi) is 2.56. The fraction of sp³-hybridized carbons (Fsp3) is 0.167. The van der Waals surface area contributed by atoms with Crippen molar-refractivity contribution in [3.63, 3.8) is 0 Å². The van der Waals surface area contributed by atoms with Crippen molar-refractivity contribution in [3.8, 4) is 0 Å². The van der Waals surface area contributed by atoms with Gasteiger partial charge in [-0.05, 0) is 36.9 Å². The van der Waals surface area contributed by atoms with Crippen LogP contribution in [-0.4, -0.2) is 10.8 Å². The van der Waals surface area contributed by atoms with Crippen LogP contribution in [0, 0.1) is 6.92 Å². The highest BCUT2D eigenvalue weighted by Crippen LogP contribution is 2.23. The molecule has 0 atom stereocenters. The molecule has 0 amide bonds. The topological polar surface area (TPSA) is 49.9 Å². The van der Waals surface area contributed by atoms with Gasteiger partial charge in [0.15, 0.2) is 5.78 Å². The molecule has 0 unspecified atom stereocenters. The maximum absolute atomic E-state index is 11.6. The highest BCUT2D eigenvalue weighted by molar-refractivity contribution is 6.32. The average molecular weight is 236 g/mol. The van der Waals surface area contributed by atoms with Crippen LogP contribution in [0.1, 0.15) is 22.8 Å². The van der Waals surface area contributed by atoms with E-state index in [0.29, 0.717) is 10.5 Å². The molecule has 0 radical (unpaired) electrons. The van der Waals surface area contributed by atoms with Crippen LogP contribution >= 0.6 is 11.6 Å². The van der Waals surface area contributed by atoms with E-state index in [-0.39, 0.29) is 16.9 Å². The number of halogens is 1. The number of ketones is 1. The lowest BCUT2D eigenvalue weighted by Crippen LogP contribution is -2.15. The first-order chi connectivity index (χ1) is 7.50. The number of fused-ring (bicyclic) bond motifs is 1. The standard InChI is InChI=1S/C12H10ClNO2/c1-6-10(13)4-3-8-5-9(7(2)15)12(16)14-11(6)8/h3-5H,1-2H3,(H,14,16). The third kappa shape index (κ3) is 1.63. The molecule has 0 aliphatic rings. The summed E-state index contributed by atoms with van der Waals surface area (Å²) in [7, 11) is 0. The van der Waals surface area contributed by atoms with Gasteiger partial charge >= 0.3 is 0 Å². The molecule has 1 aromatic heterocycles. The molecule has 2 rings (SSSR count). The Morgan fingerprint density at radius 1 is 1.38 bits per heavy atom. The SMILES string of the molecule is CC(=O)c1cc2ccc(Cl)c(C)c2[nH]c1=O. The largest absolute Gasteiger partial charge is 0.321 e. The van der Waals surface area contributed by atoms with E-state index in [9.17, 15) is 9.59 Å². The molecule has 3 nitrogen and oxygen atoms in total. The first-order valence-corrected chi connectivity index (χ1v) is 5.21. The molecule has 0 fully saturated rings. The number of hydrogen-bond donors (Lipinski definition) is 1. The highest BCUT2D eigenvalue weighted by atomic mass is 35.5. The van der Waals surface area contributed by atoms with Crippen molar-refractivity contribution in [2.45, 2.75) is 13.8 Å². The normalized spacial score (nSPS) is 10.7. The van der Waals surface area contributed by atoms with Crippen LogP contribution < -0.4 is 5.56 Å². The number of pyridine rings is 1. The number of aromatic amines is 1. The summed E-state index contributed by atoms with van der Waals surface area (Å²) in [6.45, 7) is 3.20. The molecule has 0 saturated heterocycles. The number of aromatic nitrogens is 1. The molecular formula is C12H10ClNO2. The summed E-state index contributed by atoms with van der Waals surface area (Å²) in [4.78, 5) is 25.5. The van der Waals surface area contributed by atoms with Gasteiger partial charge < -0.3 is 4.98 Å². The quantitative estimate of drug-likeness (QED) is 0.773. The Morgan fingerprint density at radius 3 is 2.69 bits per heavy atom. The van der Waals surface area contributed by atoms with Crippen LogP contribution in [0.3, 0.4) is 0 Å². The number of H-pyrrole nitrogens is 1. The molecule has 0 bridgehead atoms. The minimum atomic E-state index is -0.370. The van der Waals surface area contributed by atoms with Gasteiger partial charge in [0.25, 0.3) is 5.56 Å². The second-order valence-electron chi connectivity index (χ2n) is 3.70. The lowest BCUT2D eigenvalue weighted by atomic mass is 10.1. The summed E-state index contributed by atoms with van der Waals surface area (Å²) in [5.41, 5.74) is 1.30. The molecule has 82 valence electrons. The van der Waals surface area contributed by atoms with Crippen LogP contribution in [0.5, 0.6) is 0 Å². The van der Waals surface area contributed by atoms with E-state index in [1.54, 1.807) is 18.2 Å². The number of carbonyl (C=O) groups is 1. The molecule has 4 heteroatoms. The Labute approximate surface area is 97.1 Å². The molecule has 1 N–H and O–H groups in total. The van der Waals surface area contributed by atoms with Crippen LogP contribution in [-0.2, 0) is 0 Å². The number of aryl methyl sites for hydroxylation is 1. The number of hydrogen-bond acceptors (Lipinski definition) is 2. The molecule has 1 aromatic carbocycles. The first-order valence-electron chi connectivity index (χ1n) is 4.84. The molecule has 0 aliphatic carbocycles. The zero-order chi connectivity index (χ0) is 11.9. The zero-order valence-electron chi connectivity index (χ0n) is 8.93. The molecule has 0 spiro atoms. The monoisotopic (exact) mass is 235 g/mol. The fourth-order valence-electron chi connectivity index (χ4n) is 1.66. The van der Waals surface area contributed by atoms with Gasteiger partial charge in [0.1, 0.15) is 0 Å². The summed E-state index contributed by atoms with van der Waals surface area (Å²) in [5, 5.41) is 1.41. The van der Waals surface area contributed by atoms with E-state index in [1.165, 1.54) is 6.92 Å². The Morgan fingerprint density at radius 2 is 2.06 bits per heavy atom. The van der Waals surface area contributed by atoms with E-state index in [1.807, 2.05) is 6.92 Å². The van der Waals surface area contributed by atoms with Gasteiger partial charge in [-0.3, -0.25) is 9.59 Å². The zero-order valence-corrected chi connectivity index (χ0v) is 9.68. The van der Waals surface area contributed by atoms with Gasteiger partial charge in [0.2, 0.25) is 0 Å². The van der Waals surface area contributed by atoms with Gasteiger partial charge in [0, 0.05) is 5.02 Å². The molecule has 16 heavy (non-hydrogen) atoms. The third-order valence-electron chi connectivity index (χ3n) is 2.59. The van der Waals surface area contributed by atoms with Crippen LogP contribution in [0.2, 0.25) is 5.02 Å². The number of rotatable bonds is 1. The van der Waals surface area contributed by atoms with E-state index < -0.39 is 0 Å². The van der Waals surface area contributed by atoms with E-state index in [0.717, 1.165) is 10.9 Å². The summed E-state index contributed by atoms with van der Waals surface area (Å²) < 4.78 is 0. The number of Topliss-reactive ketones (excluding diaryl/α,β-unsaturated/α-hetero) is 1. The van der Waals surface area contributed by atoms with Gasteiger partial charge in [-0.2, -0.15) is 0 Å². The Hall–Kier alpha value is -1.61. The van der Waals surface area contributed by atoms with Gasteiger partial charge in [-0.15, -0.1) is 0 Å². The van der Waals surface area contributed by atoms with Crippen molar-refractivity contribution in [3.05, 3.63) is 44.7 Å². The van der Waals surface area contributed by atoms with E-state index in [4.69, 9.17) is 11.6 Å². The molecule has 0 saturated carbocycles. The van der Waals surface area contributed by atoms with Gasteiger partial charge in [-0.1, -0.05) is 17.7 Å². The highest BCUT2D eigenvalue weighted by Gasteiger charge is 2.09. The molecule has 2 aromatic rings. The third-order valence-corrected chi connectivity index (χ3v) is 3.00. The van der Waals surface area contributed by atoms with Crippen molar-refractivity contribution < 1.29 is 4.79 Å². The second-order valence-corrected chi connectivity index (χ2v) is 4.11. The number of benzene rings is 1. The predicted molar refractivity (Wildman–Crippen MR) is 64.3 cm³/mol. The van der Waals surface area contributed by atoms with Crippen LogP contribution in [0.25, 0.3) is 10.9 Å². The predicted octanol–water partition coefficient (Wildman–Crippen LogP) is 2.69. The Bertz CT molecular complexity index is 643. The molecule has 1 heterocycles. The van der Waals surface area contributed by atoms with Crippen molar-refractivity contribution in [1.82, 2.24) is 4.98 Å². The lowest BCUT2D eigenvalue weighted by Gasteiger charge is -2.05. The van der Waals surface area contributed by atoms with Gasteiger partial charge in [-0.25, -0.2) is 0 Å². The number of nitrogens with one attached hydrogen (secondary N) is 1. The van der Waals surface area contributed by atoms with Crippen molar-refractivity contribution in [2.75, 3.05) is 0 Å². The fourth-order valence-corrected chi connectivity index (χ4v) is 1.81.